The number of carbonyl (C=O) groups excluding carboxylic acids is 1. The smallest absolute Gasteiger partial charge is 0.225 e. The Morgan fingerprint density at radius 1 is 1.41 bits per heavy atom. The van der Waals surface area contributed by atoms with E-state index in [1.807, 2.05) is 4.90 Å². The van der Waals surface area contributed by atoms with Crippen LogP contribution in [0.1, 0.15) is 44.9 Å². The van der Waals surface area contributed by atoms with E-state index < -0.39 is 0 Å². The van der Waals surface area contributed by atoms with Crippen molar-refractivity contribution in [2.75, 3.05) is 20.3 Å². The van der Waals surface area contributed by atoms with Crippen molar-refractivity contribution in [3.8, 4) is 0 Å². The van der Waals surface area contributed by atoms with Crippen LogP contribution in [-0.4, -0.2) is 47.8 Å². The molecule has 4 heteroatoms. The van der Waals surface area contributed by atoms with Gasteiger partial charge < -0.3 is 14.7 Å². The molecule has 1 amide bonds. The van der Waals surface area contributed by atoms with Crippen LogP contribution in [0.4, 0.5) is 0 Å². The number of amides is 1. The Morgan fingerprint density at radius 3 is 2.47 bits per heavy atom. The van der Waals surface area contributed by atoms with E-state index in [1.54, 1.807) is 7.11 Å². The predicted molar refractivity (Wildman–Crippen MR) is 64.6 cm³/mol. The number of hydrogen-bond donors (Lipinski definition) is 1. The van der Waals surface area contributed by atoms with Crippen LogP contribution in [-0.2, 0) is 9.53 Å². The second-order valence-electron chi connectivity index (χ2n) is 5.31. The van der Waals surface area contributed by atoms with Gasteiger partial charge in [-0.15, -0.1) is 0 Å². The largest absolute Gasteiger partial charge is 0.395 e. The highest BCUT2D eigenvalue weighted by Gasteiger charge is 2.41. The maximum Gasteiger partial charge on any atom is 0.225 e. The number of rotatable bonds is 6. The van der Waals surface area contributed by atoms with E-state index in [-0.39, 0.29) is 18.1 Å². The SMILES string of the molecule is COC1(CC(=O)N(CCO)C2CCC2)CCC1. The minimum absolute atomic E-state index is 0.0578. The maximum absolute atomic E-state index is 12.3. The Labute approximate surface area is 103 Å². The van der Waals surface area contributed by atoms with E-state index in [4.69, 9.17) is 9.84 Å². The third-order valence-electron chi connectivity index (χ3n) is 4.35. The third kappa shape index (κ3) is 2.63. The Hall–Kier alpha value is -0.610. The molecule has 0 aliphatic heterocycles. The summed E-state index contributed by atoms with van der Waals surface area (Å²) in [6, 6.07) is 0.364. The molecule has 0 unspecified atom stereocenters. The molecule has 0 saturated heterocycles. The van der Waals surface area contributed by atoms with Crippen molar-refractivity contribution < 1.29 is 14.6 Å². The lowest BCUT2D eigenvalue weighted by atomic mass is 9.77. The molecular weight excluding hydrogens is 218 g/mol. The molecular formula is C13H23NO3. The summed E-state index contributed by atoms with van der Waals surface area (Å²) in [5, 5.41) is 9.06. The van der Waals surface area contributed by atoms with Crippen molar-refractivity contribution in [1.29, 1.82) is 0 Å². The van der Waals surface area contributed by atoms with Crippen LogP contribution in [0.15, 0.2) is 0 Å². The minimum atomic E-state index is -0.200. The van der Waals surface area contributed by atoms with Crippen LogP contribution < -0.4 is 0 Å². The molecule has 2 aliphatic carbocycles. The average Bonchev–Trinajstić information content (AvgIpc) is 2.20. The number of hydrogen-bond acceptors (Lipinski definition) is 3. The first-order valence-corrected chi connectivity index (χ1v) is 6.66. The average molecular weight is 241 g/mol. The summed E-state index contributed by atoms with van der Waals surface area (Å²) < 4.78 is 5.49. The van der Waals surface area contributed by atoms with Gasteiger partial charge in [0.25, 0.3) is 0 Å². The first-order chi connectivity index (χ1) is 8.21. The highest BCUT2D eigenvalue weighted by atomic mass is 16.5. The molecule has 4 nitrogen and oxygen atoms in total. The summed E-state index contributed by atoms with van der Waals surface area (Å²) in [5.74, 6) is 0.158. The standard InChI is InChI=1S/C13H23NO3/c1-17-13(6-3-7-13)10-12(16)14(8-9-15)11-4-2-5-11/h11,15H,2-10H2,1H3. The molecule has 1 N–H and O–H groups in total. The highest BCUT2D eigenvalue weighted by molar-refractivity contribution is 5.78. The van der Waals surface area contributed by atoms with Gasteiger partial charge in [-0.3, -0.25) is 4.79 Å². The van der Waals surface area contributed by atoms with Crippen molar-refractivity contribution in [2.45, 2.75) is 56.6 Å². The Morgan fingerprint density at radius 2 is 2.12 bits per heavy atom. The van der Waals surface area contributed by atoms with Crippen LogP contribution in [0.2, 0.25) is 0 Å². The van der Waals surface area contributed by atoms with Gasteiger partial charge in [-0.1, -0.05) is 0 Å². The van der Waals surface area contributed by atoms with Crippen molar-refractivity contribution in [1.82, 2.24) is 4.90 Å². The summed E-state index contributed by atoms with van der Waals surface area (Å²) in [7, 11) is 1.70. The molecule has 2 fully saturated rings. The molecule has 0 spiro atoms. The molecule has 2 aliphatic rings. The second-order valence-corrected chi connectivity index (χ2v) is 5.31. The molecule has 17 heavy (non-hydrogen) atoms. The number of methoxy groups -OCH3 is 1. The van der Waals surface area contributed by atoms with E-state index in [0.717, 1.165) is 32.1 Å². The van der Waals surface area contributed by atoms with Gasteiger partial charge in [0.1, 0.15) is 0 Å². The summed E-state index contributed by atoms with van der Waals surface area (Å²) >= 11 is 0. The molecule has 0 bridgehead atoms. The van der Waals surface area contributed by atoms with E-state index >= 15 is 0 Å². The topological polar surface area (TPSA) is 49.8 Å². The lowest BCUT2D eigenvalue weighted by Crippen LogP contribution is -2.50. The third-order valence-corrected chi connectivity index (χ3v) is 4.35. The van der Waals surface area contributed by atoms with Crippen molar-refractivity contribution in [2.24, 2.45) is 0 Å². The van der Waals surface area contributed by atoms with Gasteiger partial charge in [0.2, 0.25) is 5.91 Å². The fourth-order valence-corrected chi connectivity index (χ4v) is 2.72. The summed E-state index contributed by atoms with van der Waals surface area (Å²) in [4.78, 5) is 14.1. The summed E-state index contributed by atoms with van der Waals surface area (Å²) in [5.41, 5.74) is -0.200. The monoisotopic (exact) mass is 241 g/mol. The molecule has 0 aromatic heterocycles. The van der Waals surface area contributed by atoms with E-state index in [2.05, 4.69) is 0 Å². The molecule has 0 aromatic rings. The number of ether oxygens (including phenoxy) is 1. The van der Waals surface area contributed by atoms with E-state index in [9.17, 15) is 4.79 Å². The number of carbonyl (C=O) groups is 1. The van der Waals surface area contributed by atoms with Gasteiger partial charge in [0.15, 0.2) is 0 Å². The Kier molecular flexibility index (Phi) is 4.05. The molecule has 2 rings (SSSR count). The summed E-state index contributed by atoms with van der Waals surface area (Å²) in [6.07, 6.45) is 7.01. The van der Waals surface area contributed by atoms with Gasteiger partial charge in [0, 0.05) is 19.7 Å². The maximum atomic E-state index is 12.3. The minimum Gasteiger partial charge on any atom is -0.395 e. The van der Waals surface area contributed by atoms with Gasteiger partial charge >= 0.3 is 0 Å². The van der Waals surface area contributed by atoms with Crippen LogP contribution in [0.5, 0.6) is 0 Å². The molecule has 0 aromatic carbocycles. The van der Waals surface area contributed by atoms with Crippen LogP contribution in [0.3, 0.4) is 0 Å². The lowest BCUT2D eigenvalue weighted by molar-refractivity contribution is -0.148. The van der Waals surface area contributed by atoms with Crippen molar-refractivity contribution in [3.63, 3.8) is 0 Å². The number of aliphatic hydroxyl groups is 1. The number of aliphatic hydroxyl groups excluding tert-OH is 1. The van der Waals surface area contributed by atoms with Crippen molar-refractivity contribution in [3.05, 3.63) is 0 Å². The second kappa shape index (κ2) is 5.36. The van der Waals surface area contributed by atoms with Crippen LogP contribution >= 0.6 is 0 Å². The van der Waals surface area contributed by atoms with Crippen LogP contribution in [0, 0.1) is 0 Å². The van der Waals surface area contributed by atoms with Crippen LogP contribution in [0.25, 0.3) is 0 Å². The lowest BCUT2D eigenvalue weighted by Gasteiger charge is -2.43. The molecule has 2 saturated carbocycles. The normalized spacial score (nSPS) is 22.7. The van der Waals surface area contributed by atoms with Crippen molar-refractivity contribution >= 4 is 5.91 Å². The van der Waals surface area contributed by atoms with Gasteiger partial charge in [-0.2, -0.15) is 0 Å². The first-order valence-electron chi connectivity index (χ1n) is 6.66. The Bertz CT molecular complexity index is 266. The molecule has 98 valence electrons. The highest BCUT2D eigenvalue weighted by Crippen LogP contribution is 2.39. The molecule has 0 atom stereocenters. The van der Waals surface area contributed by atoms with Gasteiger partial charge in [-0.05, 0) is 38.5 Å². The molecule has 0 radical (unpaired) electrons. The van der Waals surface area contributed by atoms with Gasteiger partial charge in [0.05, 0.1) is 18.6 Å². The quantitative estimate of drug-likeness (QED) is 0.763. The van der Waals surface area contributed by atoms with Gasteiger partial charge in [-0.25, -0.2) is 0 Å². The first kappa shape index (κ1) is 12.8. The zero-order valence-electron chi connectivity index (χ0n) is 10.7. The zero-order valence-corrected chi connectivity index (χ0v) is 10.7. The summed E-state index contributed by atoms with van der Waals surface area (Å²) in [6.45, 7) is 0.533. The predicted octanol–water partition coefficient (Wildman–Crippen LogP) is 1.32. The van der Waals surface area contributed by atoms with E-state index in [1.165, 1.54) is 6.42 Å². The zero-order chi connectivity index (χ0) is 12.3. The van der Waals surface area contributed by atoms with E-state index in [0.29, 0.717) is 19.0 Å². The molecule has 0 heterocycles. The fourth-order valence-electron chi connectivity index (χ4n) is 2.72. The fraction of sp³-hybridized carbons (Fsp3) is 0.923. The number of nitrogens with zero attached hydrogens (tertiary/aromatic N) is 1. The Balaban J connectivity index is 1.91.